The summed E-state index contributed by atoms with van der Waals surface area (Å²) in [4.78, 5) is 20.0. The maximum absolute atomic E-state index is 12.7. The number of rotatable bonds is 7. The van der Waals surface area contributed by atoms with E-state index >= 15 is 0 Å². The first-order valence-corrected chi connectivity index (χ1v) is 13.2. The number of thiophene rings is 1. The minimum atomic E-state index is -3.88. The fourth-order valence-electron chi connectivity index (χ4n) is 3.08. The van der Waals surface area contributed by atoms with Crippen LogP contribution in [0.5, 0.6) is 5.88 Å². The van der Waals surface area contributed by atoms with Gasteiger partial charge in [0.15, 0.2) is 5.11 Å². The smallest absolute Gasteiger partial charge is 0.349 e. The quantitative estimate of drug-likeness (QED) is 0.214. The predicted molar refractivity (Wildman–Crippen MR) is 144 cm³/mol. The summed E-state index contributed by atoms with van der Waals surface area (Å²) in [6.07, 6.45) is 1.19. The first-order chi connectivity index (χ1) is 17.2. The molecule has 186 valence electrons. The Balaban J connectivity index is 1.42. The van der Waals surface area contributed by atoms with E-state index in [-0.39, 0.29) is 21.7 Å². The molecule has 0 aliphatic carbocycles. The van der Waals surface area contributed by atoms with Crippen molar-refractivity contribution in [1.82, 2.24) is 9.97 Å². The molecule has 0 atom stereocenters. The molecule has 4 rings (SSSR count). The summed E-state index contributed by atoms with van der Waals surface area (Å²) in [5.41, 5.74) is 1.25. The number of hydrogen-bond acceptors (Lipinski definition) is 9. The summed E-state index contributed by atoms with van der Waals surface area (Å²) in [7, 11) is -1.16. The first kappa shape index (κ1) is 25.6. The van der Waals surface area contributed by atoms with Crippen molar-refractivity contribution < 1.29 is 22.7 Å². The number of nitrogens with one attached hydrogen (secondary N) is 3. The van der Waals surface area contributed by atoms with Crippen LogP contribution >= 0.6 is 35.2 Å². The van der Waals surface area contributed by atoms with E-state index in [2.05, 4.69) is 25.3 Å². The fourth-order valence-corrected chi connectivity index (χ4v) is 5.78. The van der Waals surface area contributed by atoms with Crippen LogP contribution in [0.1, 0.15) is 9.67 Å². The van der Waals surface area contributed by atoms with Gasteiger partial charge in [-0.2, -0.15) is 0 Å². The number of fused-ring (bicyclic) bond motifs is 1. The van der Waals surface area contributed by atoms with Crippen LogP contribution in [0.4, 0.5) is 17.2 Å². The number of aromatic nitrogens is 2. The van der Waals surface area contributed by atoms with Gasteiger partial charge in [0.2, 0.25) is 5.88 Å². The summed E-state index contributed by atoms with van der Waals surface area (Å²) in [6.45, 7) is 0. The lowest BCUT2D eigenvalue weighted by atomic mass is 10.2. The molecule has 0 aliphatic heterocycles. The van der Waals surface area contributed by atoms with Crippen molar-refractivity contribution in [3.63, 3.8) is 0 Å². The molecule has 0 unspecified atom stereocenters. The van der Waals surface area contributed by atoms with Crippen LogP contribution in [-0.2, 0) is 14.8 Å². The fraction of sp³-hybridized carbons (Fsp3) is 0.0909. The number of nitrogens with zero attached hydrogens (tertiary/aromatic N) is 2. The van der Waals surface area contributed by atoms with Gasteiger partial charge in [0.1, 0.15) is 17.0 Å². The minimum Gasteiger partial charge on any atom is -0.481 e. The molecule has 0 saturated heterocycles. The molecule has 2 aromatic carbocycles. The molecule has 2 heterocycles. The van der Waals surface area contributed by atoms with Gasteiger partial charge in [-0.15, -0.1) is 11.3 Å². The zero-order chi connectivity index (χ0) is 25.9. The van der Waals surface area contributed by atoms with Crippen molar-refractivity contribution in [1.29, 1.82) is 0 Å². The largest absolute Gasteiger partial charge is 0.481 e. The van der Waals surface area contributed by atoms with Crippen LogP contribution in [0.2, 0.25) is 5.02 Å². The zero-order valence-electron chi connectivity index (χ0n) is 18.7. The standard InChI is InChI=1S/C22H18ClN5O5S3/c1-32-18-10-17(24-11-25-18)28-36(30,31)14-6-3-12(4-7-14)26-22(34)27-13-5-8-15-16(9-13)35-20(19(15)23)21(29)33-2/h3-11H,1-2H3,(H,24,25,28)(H2,26,27,34). The topological polar surface area (TPSA) is 132 Å². The van der Waals surface area contributed by atoms with Crippen LogP contribution in [0.3, 0.4) is 0 Å². The highest BCUT2D eigenvalue weighted by Gasteiger charge is 2.18. The lowest BCUT2D eigenvalue weighted by molar-refractivity contribution is 0.0606. The molecule has 0 bridgehead atoms. The van der Waals surface area contributed by atoms with E-state index in [0.717, 1.165) is 10.1 Å². The van der Waals surface area contributed by atoms with Crippen molar-refractivity contribution in [3.8, 4) is 5.88 Å². The number of benzene rings is 2. The molecule has 0 aliphatic rings. The average Bonchev–Trinajstić information content (AvgIpc) is 3.19. The van der Waals surface area contributed by atoms with Crippen LogP contribution in [0.25, 0.3) is 10.1 Å². The second-order valence-electron chi connectivity index (χ2n) is 7.10. The van der Waals surface area contributed by atoms with Gasteiger partial charge in [0.25, 0.3) is 10.0 Å². The molecular formula is C22H18ClN5O5S3. The maximum atomic E-state index is 12.7. The van der Waals surface area contributed by atoms with Crippen molar-refractivity contribution >= 4 is 83.5 Å². The number of ether oxygens (including phenoxy) is 2. The second-order valence-corrected chi connectivity index (χ2v) is 10.6. The highest BCUT2D eigenvalue weighted by atomic mass is 35.5. The molecule has 0 radical (unpaired) electrons. The Bertz CT molecular complexity index is 1560. The molecule has 0 amide bonds. The lowest BCUT2D eigenvalue weighted by Gasteiger charge is -2.12. The van der Waals surface area contributed by atoms with E-state index in [9.17, 15) is 13.2 Å². The van der Waals surface area contributed by atoms with Crippen LogP contribution < -0.4 is 20.1 Å². The Hall–Kier alpha value is -3.52. The van der Waals surface area contributed by atoms with Gasteiger partial charge < -0.3 is 20.1 Å². The van der Waals surface area contributed by atoms with E-state index in [4.69, 9.17) is 33.3 Å². The van der Waals surface area contributed by atoms with E-state index in [1.54, 1.807) is 24.3 Å². The van der Waals surface area contributed by atoms with Crippen LogP contribution in [-0.4, -0.2) is 43.7 Å². The highest BCUT2D eigenvalue weighted by Crippen LogP contribution is 2.37. The number of carbonyl (C=O) groups is 1. The number of hydrogen-bond donors (Lipinski definition) is 3. The number of thiocarbonyl (C=S) groups is 1. The summed E-state index contributed by atoms with van der Waals surface area (Å²) < 4.78 is 38.2. The maximum Gasteiger partial charge on any atom is 0.349 e. The number of halogens is 1. The zero-order valence-corrected chi connectivity index (χ0v) is 21.9. The van der Waals surface area contributed by atoms with Gasteiger partial charge >= 0.3 is 5.97 Å². The van der Waals surface area contributed by atoms with Crippen LogP contribution in [0.15, 0.2) is 59.8 Å². The average molecular weight is 564 g/mol. The van der Waals surface area contributed by atoms with Gasteiger partial charge in [-0.25, -0.2) is 23.2 Å². The van der Waals surface area contributed by atoms with E-state index in [1.165, 1.54) is 50.1 Å². The molecule has 36 heavy (non-hydrogen) atoms. The van der Waals surface area contributed by atoms with Crippen molar-refractivity contribution in [2.75, 3.05) is 29.6 Å². The number of anilines is 3. The Morgan fingerprint density at radius 1 is 1.03 bits per heavy atom. The molecule has 0 saturated carbocycles. The summed E-state index contributed by atoms with van der Waals surface area (Å²) in [6, 6.07) is 12.8. The van der Waals surface area contributed by atoms with Crippen molar-refractivity contribution in [2.24, 2.45) is 0 Å². The third kappa shape index (κ3) is 5.65. The van der Waals surface area contributed by atoms with E-state index in [1.807, 2.05) is 6.07 Å². The summed E-state index contributed by atoms with van der Waals surface area (Å²) in [5, 5.41) is 7.41. The molecule has 14 heteroatoms. The van der Waals surface area contributed by atoms with E-state index in [0.29, 0.717) is 21.3 Å². The van der Waals surface area contributed by atoms with Crippen LogP contribution in [0, 0.1) is 0 Å². The molecule has 0 spiro atoms. The minimum absolute atomic E-state index is 0.0333. The van der Waals surface area contributed by atoms with Gasteiger partial charge in [-0.3, -0.25) is 4.72 Å². The molecule has 0 fully saturated rings. The first-order valence-electron chi connectivity index (χ1n) is 10.1. The number of methoxy groups -OCH3 is 2. The molecule has 3 N–H and O–H groups in total. The SMILES string of the molecule is COC(=O)c1sc2cc(NC(=S)Nc3ccc(S(=O)(=O)Nc4cc(OC)ncn4)cc3)ccc2c1Cl. The van der Waals surface area contributed by atoms with Gasteiger partial charge in [-0.05, 0) is 54.7 Å². The predicted octanol–water partition coefficient (Wildman–Crippen LogP) is 4.75. The van der Waals surface area contributed by atoms with Gasteiger partial charge in [-0.1, -0.05) is 11.6 Å². The normalized spacial score (nSPS) is 11.1. The number of sulfonamides is 1. The Labute approximate surface area is 220 Å². The molecular weight excluding hydrogens is 546 g/mol. The number of esters is 1. The summed E-state index contributed by atoms with van der Waals surface area (Å²) in [5.74, 6) is -0.184. The second kappa shape index (κ2) is 10.6. The highest BCUT2D eigenvalue weighted by molar-refractivity contribution is 7.92. The van der Waals surface area contributed by atoms with Gasteiger partial charge in [0.05, 0.1) is 24.1 Å². The molecule has 10 nitrogen and oxygen atoms in total. The Morgan fingerprint density at radius 2 is 1.72 bits per heavy atom. The lowest BCUT2D eigenvalue weighted by Crippen LogP contribution is -2.19. The van der Waals surface area contributed by atoms with Crippen molar-refractivity contribution in [2.45, 2.75) is 4.90 Å². The van der Waals surface area contributed by atoms with E-state index < -0.39 is 16.0 Å². The summed E-state index contributed by atoms with van der Waals surface area (Å²) >= 11 is 12.9. The number of carbonyl (C=O) groups excluding carboxylic acids is 1. The third-order valence-corrected chi connectivity index (χ3v) is 7.98. The molecule has 4 aromatic rings. The Morgan fingerprint density at radius 3 is 2.42 bits per heavy atom. The third-order valence-electron chi connectivity index (χ3n) is 4.77. The Kier molecular flexibility index (Phi) is 7.54. The van der Waals surface area contributed by atoms with Gasteiger partial charge in [0, 0.05) is 27.5 Å². The van der Waals surface area contributed by atoms with Crippen molar-refractivity contribution in [3.05, 3.63) is 64.8 Å². The molecule has 2 aromatic heterocycles. The monoisotopic (exact) mass is 563 g/mol.